The van der Waals surface area contributed by atoms with Crippen molar-refractivity contribution in [1.82, 2.24) is 0 Å². The molecule has 0 bridgehead atoms. The number of carbonyl (C=O) groups excluding carboxylic acids is 1. The van der Waals surface area contributed by atoms with Gasteiger partial charge in [-0.3, -0.25) is 0 Å². The largest absolute Gasteiger partial charge is 0.458 e. The van der Waals surface area contributed by atoms with Crippen LogP contribution < -0.4 is 0 Å². The van der Waals surface area contributed by atoms with E-state index in [9.17, 15) is 9.90 Å². The molecule has 1 N–H and O–H groups in total. The van der Waals surface area contributed by atoms with Gasteiger partial charge in [0.05, 0.1) is 6.10 Å². The third-order valence-corrected chi connectivity index (χ3v) is 9.82. The first kappa shape index (κ1) is 17.3. The monoisotopic (exact) mass is 358 g/mol. The van der Waals surface area contributed by atoms with Gasteiger partial charge in [-0.1, -0.05) is 26.7 Å². The lowest BCUT2D eigenvalue weighted by atomic mass is 9.44. The number of rotatable bonds is 1. The van der Waals surface area contributed by atoms with Gasteiger partial charge in [0.25, 0.3) is 0 Å². The third-order valence-electron chi connectivity index (χ3n) is 9.82. The predicted molar refractivity (Wildman–Crippen MR) is 100 cm³/mol. The minimum absolute atomic E-state index is 0.0706. The maximum absolute atomic E-state index is 11.6. The van der Waals surface area contributed by atoms with E-state index in [4.69, 9.17) is 4.74 Å². The number of hydrogen-bond acceptors (Lipinski definition) is 3. The molecule has 5 aliphatic rings. The van der Waals surface area contributed by atoms with Crippen LogP contribution in [0, 0.1) is 40.4 Å². The van der Waals surface area contributed by atoms with Gasteiger partial charge in [0.2, 0.25) is 0 Å². The Labute approximate surface area is 157 Å². The van der Waals surface area contributed by atoms with Crippen molar-refractivity contribution in [3.05, 3.63) is 11.6 Å². The Balaban J connectivity index is 1.48. The number of fused-ring (bicyclic) bond motifs is 5. The Morgan fingerprint density at radius 3 is 2.69 bits per heavy atom. The first-order valence-corrected chi connectivity index (χ1v) is 11.0. The molecule has 0 spiro atoms. The molecule has 0 radical (unpaired) electrons. The van der Waals surface area contributed by atoms with Crippen molar-refractivity contribution in [2.75, 3.05) is 6.61 Å². The molecule has 0 saturated heterocycles. The van der Waals surface area contributed by atoms with Crippen LogP contribution in [0.4, 0.5) is 0 Å². The molecule has 0 amide bonds. The molecule has 0 aromatic carbocycles. The van der Waals surface area contributed by atoms with Crippen LogP contribution >= 0.6 is 0 Å². The van der Waals surface area contributed by atoms with Gasteiger partial charge < -0.3 is 9.84 Å². The first-order chi connectivity index (χ1) is 12.4. The number of aliphatic hydroxyl groups is 1. The summed E-state index contributed by atoms with van der Waals surface area (Å²) in [4.78, 5) is 11.6. The number of ether oxygens (including phenoxy) is 1. The Morgan fingerprint density at radius 2 is 1.92 bits per heavy atom. The minimum Gasteiger partial charge on any atom is -0.458 e. The topological polar surface area (TPSA) is 46.5 Å². The molecule has 4 saturated carbocycles. The summed E-state index contributed by atoms with van der Waals surface area (Å²) in [5.74, 6) is 3.10. The van der Waals surface area contributed by atoms with Crippen molar-refractivity contribution in [3.63, 3.8) is 0 Å². The molecule has 4 aliphatic carbocycles. The molecular formula is C23H34O3. The summed E-state index contributed by atoms with van der Waals surface area (Å²) in [6.07, 6.45) is 13.1. The average molecular weight is 359 g/mol. The molecule has 3 heteroatoms. The Kier molecular flexibility index (Phi) is 3.88. The molecule has 2 unspecified atom stereocenters. The normalized spacial score (nSPS) is 53.3. The molecule has 0 aromatic heterocycles. The quantitative estimate of drug-likeness (QED) is 0.703. The Hall–Kier alpha value is -0.830. The lowest BCUT2D eigenvalue weighted by Gasteiger charge is -2.61. The second-order valence-electron chi connectivity index (χ2n) is 10.5. The van der Waals surface area contributed by atoms with Gasteiger partial charge >= 0.3 is 5.97 Å². The average Bonchev–Trinajstić information content (AvgIpc) is 3.19. The molecule has 1 heterocycles. The van der Waals surface area contributed by atoms with Crippen molar-refractivity contribution in [3.8, 4) is 0 Å². The zero-order valence-electron chi connectivity index (χ0n) is 16.4. The van der Waals surface area contributed by atoms with Crippen LogP contribution in [0.15, 0.2) is 11.6 Å². The van der Waals surface area contributed by atoms with Crippen LogP contribution in [-0.2, 0) is 9.53 Å². The summed E-state index contributed by atoms with van der Waals surface area (Å²) in [6.45, 7) is 5.34. The second-order valence-corrected chi connectivity index (χ2v) is 10.5. The van der Waals surface area contributed by atoms with Gasteiger partial charge in [-0.05, 0) is 85.5 Å². The fourth-order valence-electron chi connectivity index (χ4n) is 8.45. The van der Waals surface area contributed by atoms with Crippen LogP contribution in [0.1, 0.15) is 71.6 Å². The Morgan fingerprint density at radius 1 is 1.08 bits per heavy atom. The summed E-state index contributed by atoms with van der Waals surface area (Å²) in [7, 11) is 0. The highest BCUT2D eigenvalue weighted by molar-refractivity contribution is 5.85. The molecule has 3 nitrogen and oxygen atoms in total. The van der Waals surface area contributed by atoms with Gasteiger partial charge in [-0.15, -0.1) is 0 Å². The number of cyclic esters (lactones) is 1. The predicted octanol–water partition coefficient (Wildman–Crippen LogP) is 4.49. The van der Waals surface area contributed by atoms with Crippen LogP contribution in [0.5, 0.6) is 0 Å². The van der Waals surface area contributed by atoms with E-state index in [0.29, 0.717) is 29.8 Å². The van der Waals surface area contributed by atoms with E-state index in [-0.39, 0.29) is 17.5 Å². The highest BCUT2D eigenvalue weighted by Gasteiger charge is 2.63. The summed E-state index contributed by atoms with van der Waals surface area (Å²) in [6, 6.07) is 0. The smallest absolute Gasteiger partial charge is 0.331 e. The van der Waals surface area contributed by atoms with Crippen LogP contribution in [0.25, 0.3) is 0 Å². The number of hydrogen-bond donors (Lipinski definition) is 1. The van der Waals surface area contributed by atoms with Crippen LogP contribution in [-0.4, -0.2) is 23.8 Å². The SMILES string of the molecule is C[C@]12C(O)C[C@H]3[C@@H](CCC4CCCC[C@@]43C)[C@H]1CC[C@@H]2C1=CC(=O)OC1. The molecule has 1 aliphatic heterocycles. The fourth-order valence-corrected chi connectivity index (χ4v) is 8.45. The number of esters is 1. The molecule has 4 fully saturated rings. The van der Waals surface area contributed by atoms with Crippen molar-refractivity contribution in [1.29, 1.82) is 0 Å². The molecular weight excluding hydrogens is 324 g/mol. The van der Waals surface area contributed by atoms with E-state index in [1.165, 1.54) is 44.9 Å². The lowest BCUT2D eigenvalue weighted by molar-refractivity contribution is -0.160. The number of carbonyl (C=O) groups is 1. The van der Waals surface area contributed by atoms with Crippen molar-refractivity contribution >= 4 is 5.97 Å². The third kappa shape index (κ3) is 2.19. The van der Waals surface area contributed by atoms with Crippen molar-refractivity contribution in [2.24, 2.45) is 40.4 Å². The van der Waals surface area contributed by atoms with E-state index >= 15 is 0 Å². The van der Waals surface area contributed by atoms with Crippen molar-refractivity contribution in [2.45, 2.75) is 77.7 Å². The van der Waals surface area contributed by atoms with E-state index < -0.39 is 0 Å². The highest BCUT2D eigenvalue weighted by Crippen LogP contribution is 2.68. The summed E-state index contributed by atoms with van der Waals surface area (Å²) < 4.78 is 5.22. The fraction of sp³-hybridized carbons (Fsp3) is 0.870. The van der Waals surface area contributed by atoms with Crippen LogP contribution in [0.3, 0.4) is 0 Å². The van der Waals surface area contributed by atoms with E-state index in [2.05, 4.69) is 13.8 Å². The van der Waals surface area contributed by atoms with Gasteiger partial charge in [-0.25, -0.2) is 4.79 Å². The minimum atomic E-state index is -0.240. The second kappa shape index (κ2) is 5.83. The molecule has 5 rings (SSSR count). The van der Waals surface area contributed by atoms with E-state index in [0.717, 1.165) is 30.3 Å². The number of aliphatic hydroxyl groups excluding tert-OH is 1. The molecule has 0 aromatic rings. The maximum atomic E-state index is 11.6. The standard InChI is InChI=1S/C23H34O3/c1-22-10-4-3-5-15(22)6-7-16-18-9-8-17(14-11-21(25)26-13-14)23(18,2)20(24)12-19(16)22/h11,15-20,24H,3-10,12-13H2,1-2H3/t15?,16-,17+,18+,19-,20?,22-,23+/m0/s1. The van der Waals surface area contributed by atoms with Gasteiger partial charge in [-0.2, -0.15) is 0 Å². The lowest BCUT2D eigenvalue weighted by Crippen LogP contribution is -2.57. The molecule has 8 atom stereocenters. The summed E-state index contributed by atoms with van der Waals surface area (Å²) >= 11 is 0. The molecule has 26 heavy (non-hydrogen) atoms. The highest BCUT2D eigenvalue weighted by atomic mass is 16.5. The van der Waals surface area contributed by atoms with Crippen molar-refractivity contribution < 1.29 is 14.6 Å². The zero-order chi connectivity index (χ0) is 18.1. The zero-order valence-corrected chi connectivity index (χ0v) is 16.4. The summed E-state index contributed by atoms with van der Waals surface area (Å²) in [5.41, 5.74) is 1.53. The first-order valence-electron chi connectivity index (χ1n) is 11.0. The van der Waals surface area contributed by atoms with Gasteiger partial charge in [0.1, 0.15) is 6.61 Å². The maximum Gasteiger partial charge on any atom is 0.331 e. The van der Waals surface area contributed by atoms with Gasteiger partial charge in [0.15, 0.2) is 0 Å². The molecule has 144 valence electrons. The van der Waals surface area contributed by atoms with E-state index in [1.807, 2.05) is 0 Å². The summed E-state index contributed by atoms with van der Waals surface area (Å²) in [5, 5.41) is 11.4. The van der Waals surface area contributed by atoms with Crippen LogP contribution in [0.2, 0.25) is 0 Å². The van der Waals surface area contributed by atoms with E-state index in [1.54, 1.807) is 6.08 Å². The van der Waals surface area contributed by atoms with Gasteiger partial charge in [0, 0.05) is 11.5 Å². The Bertz CT molecular complexity index is 639.